The second kappa shape index (κ2) is 7.57. The lowest BCUT2D eigenvalue weighted by Gasteiger charge is -2.10. The average molecular weight is 452 g/mol. The van der Waals surface area contributed by atoms with Crippen LogP contribution in [0.3, 0.4) is 0 Å². The number of hydrogen-bond donors (Lipinski definition) is 3. The highest BCUT2D eigenvalue weighted by molar-refractivity contribution is 6.04. The predicted octanol–water partition coefficient (Wildman–Crippen LogP) is 6.98. The van der Waals surface area contributed by atoms with Crippen molar-refractivity contribution in [3.05, 3.63) is 102 Å². The molecule has 2 aromatic carbocycles. The van der Waals surface area contributed by atoms with E-state index in [0.717, 1.165) is 66.7 Å². The van der Waals surface area contributed by atoms with Gasteiger partial charge in [-0.15, -0.1) is 0 Å². The number of aromatic hydroxyl groups is 1. The van der Waals surface area contributed by atoms with E-state index in [1.807, 2.05) is 66.8 Å². The maximum Gasteiger partial charge on any atom is 0.124 e. The summed E-state index contributed by atoms with van der Waals surface area (Å²) in [7, 11) is 0. The van der Waals surface area contributed by atoms with Gasteiger partial charge in [0.15, 0.2) is 0 Å². The molecule has 5 heteroatoms. The van der Waals surface area contributed by atoms with Gasteiger partial charge in [0.25, 0.3) is 0 Å². The first kappa shape index (κ1) is 19.6. The minimum absolute atomic E-state index is 0.208. The number of rotatable bonds is 1. The summed E-state index contributed by atoms with van der Waals surface area (Å²) in [6.45, 7) is 0. The molecule has 0 aliphatic carbocycles. The largest absolute Gasteiger partial charge is 0.507 e. The molecule has 0 spiro atoms. The van der Waals surface area contributed by atoms with Gasteiger partial charge < -0.3 is 15.1 Å². The molecule has 0 saturated heterocycles. The number of aromatic amines is 2. The zero-order valence-corrected chi connectivity index (χ0v) is 18.6. The van der Waals surface area contributed by atoms with E-state index >= 15 is 0 Å². The van der Waals surface area contributed by atoms with Crippen molar-refractivity contribution in [3.63, 3.8) is 0 Å². The van der Waals surface area contributed by atoms with Gasteiger partial charge in [-0.3, -0.25) is 0 Å². The van der Waals surface area contributed by atoms with Crippen molar-refractivity contribution in [2.75, 3.05) is 0 Å². The molecule has 0 amide bonds. The van der Waals surface area contributed by atoms with Crippen LogP contribution in [0.25, 0.3) is 68.3 Å². The SMILES string of the molecule is Oc1cc[c]c2cccc(-c3c4nc(cc5ccc(cc6ccc(cc7nc3C=C7)[nH]6)[nH]5)C=C4)c12. The average Bonchev–Trinajstić information content (AvgIpc) is 3.65. The Morgan fingerprint density at radius 2 is 1.26 bits per heavy atom. The van der Waals surface area contributed by atoms with E-state index in [2.05, 4.69) is 34.2 Å². The third-order valence-electron chi connectivity index (χ3n) is 6.29. The molecule has 1 radical (unpaired) electrons. The van der Waals surface area contributed by atoms with Crippen molar-refractivity contribution in [2.24, 2.45) is 0 Å². The standard InChI is InChI=1S/C30H19N4O/c35-28-6-2-4-18-3-1-5-25(29(18)28)30-26-13-11-23(33-26)16-21-9-7-19(31-21)15-20-8-10-22(32-20)17-24-12-14-27(30)34-24/h1-3,5-17,31-32,35H. The molecule has 5 heterocycles. The maximum absolute atomic E-state index is 10.8. The van der Waals surface area contributed by atoms with E-state index in [9.17, 15) is 5.11 Å². The topological polar surface area (TPSA) is 77.6 Å². The summed E-state index contributed by atoms with van der Waals surface area (Å²) in [6, 6.07) is 26.9. The Hall–Kier alpha value is -4.90. The van der Waals surface area contributed by atoms with Gasteiger partial charge in [-0.2, -0.15) is 0 Å². The number of H-pyrrole nitrogens is 2. The van der Waals surface area contributed by atoms with Gasteiger partial charge in [0, 0.05) is 33.0 Å². The summed E-state index contributed by atoms with van der Waals surface area (Å²) in [5.41, 5.74) is 8.96. The van der Waals surface area contributed by atoms with E-state index in [0.29, 0.717) is 0 Å². The second-order valence-corrected chi connectivity index (χ2v) is 8.65. The molecule has 35 heavy (non-hydrogen) atoms. The normalized spacial score (nSPS) is 12.5. The molecule has 7 rings (SSSR count). The highest BCUT2D eigenvalue weighted by atomic mass is 16.3. The van der Waals surface area contributed by atoms with Crippen LogP contribution in [0.15, 0.2) is 72.8 Å². The van der Waals surface area contributed by atoms with Gasteiger partial charge in [0.2, 0.25) is 0 Å². The molecular formula is C30H19N4O. The Kier molecular flexibility index (Phi) is 4.23. The molecule has 0 atom stereocenters. The summed E-state index contributed by atoms with van der Waals surface area (Å²) in [5, 5.41) is 12.4. The van der Waals surface area contributed by atoms with Crippen LogP contribution < -0.4 is 0 Å². The maximum atomic E-state index is 10.8. The third-order valence-corrected chi connectivity index (χ3v) is 6.29. The highest BCUT2D eigenvalue weighted by Crippen LogP contribution is 2.38. The predicted molar refractivity (Wildman–Crippen MR) is 142 cm³/mol. The Morgan fingerprint density at radius 3 is 1.89 bits per heavy atom. The van der Waals surface area contributed by atoms with Gasteiger partial charge in [-0.1, -0.05) is 24.3 Å². The fourth-order valence-electron chi connectivity index (χ4n) is 4.73. The monoisotopic (exact) mass is 451 g/mol. The lowest BCUT2D eigenvalue weighted by molar-refractivity contribution is 0.482. The van der Waals surface area contributed by atoms with Crippen molar-refractivity contribution < 1.29 is 5.11 Å². The first-order valence-corrected chi connectivity index (χ1v) is 11.4. The van der Waals surface area contributed by atoms with Crippen LogP contribution in [0.5, 0.6) is 5.75 Å². The Balaban J connectivity index is 1.62. The van der Waals surface area contributed by atoms with E-state index in [-0.39, 0.29) is 5.75 Å². The summed E-state index contributed by atoms with van der Waals surface area (Å²) < 4.78 is 0. The van der Waals surface area contributed by atoms with Gasteiger partial charge in [0.1, 0.15) is 5.75 Å². The lowest BCUT2D eigenvalue weighted by Crippen LogP contribution is -1.91. The van der Waals surface area contributed by atoms with Gasteiger partial charge in [-0.05, 0) is 89.9 Å². The summed E-state index contributed by atoms with van der Waals surface area (Å²) in [5.74, 6) is 0.208. The minimum Gasteiger partial charge on any atom is -0.507 e. The quantitative estimate of drug-likeness (QED) is 0.252. The molecule has 2 aliphatic rings. The number of nitrogens with one attached hydrogen (secondary N) is 2. The molecule has 5 nitrogen and oxygen atoms in total. The van der Waals surface area contributed by atoms with Crippen molar-refractivity contribution in [1.82, 2.24) is 19.9 Å². The van der Waals surface area contributed by atoms with Crippen molar-refractivity contribution in [3.8, 4) is 16.9 Å². The van der Waals surface area contributed by atoms with Gasteiger partial charge in [-0.25, -0.2) is 9.97 Å². The molecule has 0 fully saturated rings. The second-order valence-electron chi connectivity index (χ2n) is 8.65. The fraction of sp³-hybridized carbons (Fsp3) is 0. The van der Waals surface area contributed by atoms with E-state index < -0.39 is 0 Å². The molecular weight excluding hydrogens is 432 g/mol. The number of nitrogens with zero attached hydrogens (tertiary/aromatic N) is 2. The molecule has 2 aliphatic heterocycles. The smallest absolute Gasteiger partial charge is 0.124 e. The molecule has 8 bridgehead atoms. The van der Waals surface area contributed by atoms with E-state index in [1.54, 1.807) is 12.1 Å². The fourth-order valence-corrected chi connectivity index (χ4v) is 4.73. The van der Waals surface area contributed by atoms with E-state index in [1.165, 1.54) is 0 Å². The van der Waals surface area contributed by atoms with Crippen LogP contribution in [-0.2, 0) is 0 Å². The lowest BCUT2D eigenvalue weighted by atomic mass is 9.95. The third kappa shape index (κ3) is 3.42. The van der Waals surface area contributed by atoms with Gasteiger partial charge in [0.05, 0.1) is 22.8 Å². The minimum atomic E-state index is 0.208. The van der Waals surface area contributed by atoms with Crippen molar-refractivity contribution in [2.45, 2.75) is 0 Å². The molecule has 0 saturated carbocycles. The molecule has 3 aromatic heterocycles. The number of phenolic OH excluding ortho intramolecular Hbond substituents is 1. The van der Waals surface area contributed by atoms with Crippen LogP contribution in [-0.4, -0.2) is 25.0 Å². The van der Waals surface area contributed by atoms with E-state index in [4.69, 9.17) is 9.97 Å². The Labute approximate surface area is 200 Å². The number of fused-ring (bicyclic) bond motifs is 9. The van der Waals surface area contributed by atoms with Crippen LogP contribution in [0.4, 0.5) is 0 Å². The van der Waals surface area contributed by atoms with Crippen LogP contribution in [0.2, 0.25) is 0 Å². The highest BCUT2D eigenvalue weighted by Gasteiger charge is 2.17. The zero-order valence-electron chi connectivity index (χ0n) is 18.6. The number of hydrogen-bond acceptors (Lipinski definition) is 3. The summed E-state index contributed by atoms with van der Waals surface area (Å²) in [4.78, 5) is 16.7. The number of benzene rings is 2. The first-order chi connectivity index (χ1) is 17.2. The van der Waals surface area contributed by atoms with Crippen molar-refractivity contribution >= 4 is 57.1 Å². The van der Waals surface area contributed by atoms with Gasteiger partial charge >= 0.3 is 0 Å². The first-order valence-electron chi connectivity index (χ1n) is 11.4. The number of aromatic nitrogens is 4. The summed E-state index contributed by atoms with van der Waals surface area (Å²) in [6.07, 6.45) is 8.02. The Bertz CT molecular complexity index is 1770. The molecule has 0 unspecified atom stereocenters. The summed E-state index contributed by atoms with van der Waals surface area (Å²) >= 11 is 0. The molecule has 5 aromatic rings. The Morgan fingerprint density at radius 1 is 0.657 bits per heavy atom. The van der Waals surface area contributed by atoms with Crippen molar-refractivity contribution in [1.29, 1.82) is 0 Å². The molecule has 3 N–H and O–H groups in total. The van der Waals surface area contributed by atoms with Crippen LogP contribution in [0.1, 0.15) is 22.8 Å². The molecule has 165 valence electrons. The van der Waals surface area contributed by atoms with Crippen LogP contribution in [0, 0.1) is 6.07 Å². The van der Waals surface area contributed by atoms with Crippen LogP contribution >= 0.6 is 0 Å². The zero-order chi connectivity index (χ0) is 23.4. The number of phenols is 1.